The Morgan fingerprint density at radius 1 is 0.348 bits per heavy atom. The van der Waals surface area contributed by atoms with Gasteiger partial charge in [0.2, 0.25) is 0 Å². The Morgan fingerprint density at radius 3 is 1.59 bits per heavy atom. The Kier molecular flexibility index (Phi) is 6.05. The molecule has 0 spiro atoms. The summed E-state index contributed by atoms with van der Waals surface area (Å²) in [5, 5.41) is 5.16. The fourth-order valence-electron chi connectivity index (χ4n) is 8.03. The van der Waals surface area contributed by atoms with Gasteiger partial charge < -0.3 is 0 Å². The van der Waals surface area contributed by atoms with Crippen LogP contribution in [0.5, 0.6) is 0 Å². The Hall–Kier alpha value is -5.72. The first-order chi connectivity index (χ1) is 22.7. The highest BCUT2D eigenvalue weighted by molar-refractivity contribution is 6.04. The van der Waals surface area contributed by atoms with E-state index in [2.05, 4.69) is 183 Å². The van der Waals surface area contributed by atoms with Crippen molar-refractivity contribution < 1.29 is 0 Å². The van der Waals surface area contributed by atoms with Gasteiger partial charge in [-0.3, -0.25) is 0 Å². The summed E-state index contributed by atoms with van der Waals surface area (Å²) in [4.78, 5) is 0. The number of benzene rings is 8. The predicted octanol–water partition coefficient (Wildman–Crippen LogP) is 12.0. The van der Waals surface area contributed by atoms with Crippen LogP contribution >= 0.6 is 0 Å². The largest absolute Gasteiger partial charge is 0.0713 e. The van der Waals surface area contributed by atoms with Crippen LogP contribution in [0.25, 0.3) is 54.9 Å². The Balaban J connectivity index is 1.19. The predicted molar refractivity (Wildman–Crippen MR) is 194 cm³/mol. The molecule has 0 aliphatic heterocycles. The molecule has 0 saturated heterocycles. The second kappa shape index (κ2) is 10.4. The van der Waals surface area contributed by atoms with Gasteiger partial charge in [0, 0.05) is 0 Å². The third kappa shape index (κ3) is 3.87. The molecule has 0 radical (unpaired) electrons. The summed E-state index contributed by atoms with van der Waals surface area (Å²) in [6.07, 6.45) is 0. The second-order valence-corrected chi connectivity index (χ2v) is 12.5. The molecule has 9 rings (SSSR count). The molecule has 0 fully saturated rings. The van der Waals surface area contributed by atoms with Gasteiger partial charge in [-0.2, -0.15) is 0 Å². The molecule has 0 nitrogen and oxygen atoms in total. The fraction of sp³-hybridized carbons (Fsp3) is 0.0435. The minimum atomic E-state index is -0.411. The van der Waals surface area contributed by atoms with Crippen LogP contribution < -0.4 is 0 Å². The fourth-order valence-corrected chi connectivity index (χ4v) is 8.03. The van der Waals surface area contributed by atoms with Crippen molar-refractivity contribution in [1.82, 2.24) is 0 Å². The van der Waals surface area contributed by atoms with E-state index in [1.807, 2.05) is 0 Å². The van der Waals surface area contributed by atoms with Crippen molar-refractivity contribution in [3.8, 4) is 33.4 Å². The quantitative estimate of drug-likeness (QED) is 0.193. The van der Waals surface area contributed by atoms with Crippen LogP contribution in [0.1, 0.15) is 27.8 Å². The highest BCUT2D eigenvalue weighted by Gasteiger charge is 2.46. The Bertz CT molecular complexity index is 2400. The molecule has 1 unspecified atom stereocenters. The standard InChI is InChI=1S/C46H32/c1-31-19-20-34-11-5-7-15-39(34)44(31)36-23-21-32(22-24-36)33-25-28-38(29-26-33)46(37-13-3-2-4-14-37)42-18-10-9-17-41(42)45-40-16-8-6-12-35(40)27-30-43(45)46/h2-30H,1H3. The molecule has 0 amide bonds. The monoisotopic (exact) mass is 584 g/mol. The van der Waals surface area contributed by atoms with Crippen molar-refractivity contribution in [3.63, 3.8) is 0 Å². The van der Waals surface area contributed by atoms with E-state index in [1.54, 1.807) is 0 Å². The van der Waals surface area contributed by atoms with Gasteiger partial charge in [0.1, 0.15) is 0 Å². The number of aryl methyl sites for hydroxylation is 1. The first-order valence-corrected chi connectivity index (χ1v) is 16.1. The van der Waals surface area contributed by atoms with Gasteiger partial charge in [-0.05, 0) is 89.7 Å². The van der Waals surface area contributed by atoms with E-state index in [0.717, 1.165) is 0 Å². The van der Waals surface area contributed by atoms with Gasteiger partial charge in [-0.1, -0.05) is 176 Å². The van der Waals surface area contributed by atoms with Crippen LogP contribution in [0.15, 0.2) is 176 Å². The molecule has 46 heavy (non-hydrogen) atoms. The third-order valence-electron chi connectivity index (χ3n) is 10.1. The molecule has 0 N–H and O–H groups in total. The molecule has 1 atom stereocenters. The van der Waals surface area contributed by atoms with Crippen LogP contribution in [0.2, 0.25) is 0 Å². The molecule has 8 aromatic rings. The lowest BCUT2D eigenvalue weighted by atomic mass is 9.67. The highest BCUT2D eigenvalue weighted by Crippen LogP contribution is 2.57. The molecule has 0 aromatic heterocycles. The normalized spacial score (nSPS) is 15.2. The van der Waals surface area contributed by atoms with E-state index in [9.17, 15) is 0 Å². The summed E-state index contributed by atoms with van der Waals surface area (Å²) in [7, 11) is 0. The second-order valence-electron chi connectivity index (χ2n) is 12.5. The molecule has 0 bridgehead atoms. The van der Waals surface area contributed by atoms with Gasteiger partial charge in [0.05, 0.1) is 5.41 Å². The van der Waals surface area contributed by atoms with Gasteiger partial charge in [0.15, 0.2) is 0 Å². The molecule has 1 aliphatic carbocycles. The molecular weight excluding hydrogens is 553 g/mol. The number of rotatable bonds is 4. The molecular formula is C46H32. The molecule has 8 aromatic carbocycles. The topological polar surface area (TPSA) is 0 Å². The summed E-state index contributed by atoms with van der Waals surface area (Å²) in [6.45, 7) is 2.21. The zero-order valence-corrected chi connectivity index (χ0v) is 25.7. The van der Waals surface area contributed by atoms with E-state index in [0.29, 0.717) is 0 Å². The van der Waals surface area contributed by atoms with Crippen molar-refractivity contribution in [2.45, 2.75) is 12.3 Å². The molecule has 0 heterocycles. The maximum Gasteiger partial charge on any atom is 0.0713 e. The van der Waals surface area contributed by atoms with Crippen LogP contribution in [0.4, 0.5) is 0 Å². The molecule has 216 valence electrons. The molecule has 0 saturated carbocycles. The average Bonchev–Trinajstić information content (AvgIpc) is 3.44. The molecule has 0 heteroatoms. The third-order valence-corrected chi connectivity index (χ3v) is 10.1. The lowest BCUT2D eigenvalue weighted by molar-refractivity contribution is 0.769. The number of hydrogen-bond acceptors (Lipinski definition) is 0. The maximum absolute atomic E-state index is 2.37. The summed E-state index contributed by atoms with van der Waals surface area (Å²) >= 11 is 0. The first-order valence-electron chi connectivity index (χ1n) is 16.1. The SMILES string of the molecule is Cc1ccc2ccccc2c1-c1ccc(-c2ccc(C3(c4ccccc4)c4ccccc4-c4c3ccc3ccccc43)cc2)cc1. The van der Waals surface area contributed by atoms with Gasteiger partial charge in [-0.15, -0.1) is 0 Å². The van der Waals surface area contributed by atoms with Crippen molar-refractivity contribution in [2.75, 3.05) is 0 Å². The van der Waals surface area contributed by atoms with Crippen molar-refractivity contribution in [3.05, 3.63) is 204 Å². The Morgan fingerprint density at radius 2 is 0.870 bits per heavy atom. The summed E-state index contributed by atoms with van der Waals surface area (Å²) in [5.41, 5.74) is 13.8. The van der Waals surface area contributed by atoms with Crippen LogP contribution in [0, 0.1) is 6.92 Å². The highest BCUT2D eigenvalue weighted by atomic mass is 14.5. The summed E-state index contributed by atoms with van der Waals surface area (Å²) < 4.78 is 0. The van der Waals surface area contributed by atoms with Gasteiger partial charge in [0.25, 0.3) is 0 Å². The smallest absolute Gasteiger partial charge is 0.0622 e. The van der Waals surface area contributed by atoms with Gasteiger partial charge >= 0.3 is 0 Å². The van der Waals surface area contributed by atoms with E-state index in [-0.39, 0.29) is 0 Å². The van der Waals surface area contributed by atoms with Crippen molar-refractivity contribution in [2.24, 2.45) is 0 Å². The maximum atomic E-state index is 2.37. The van der Waals surface area contributed by atoms with Crippen molar-refractivity contribution >= 4 is 21.5 Å². The lowest BCUT2D eigenvalue weighted by Gasteiger charge is -2.34. The summed E-state index contributed by atoms with van der Waals surface area (Å²) in [5.74, 6) is 0. The van der Waals surface area contributed by atoms with Gasteiger partial charge in [-0.25, -0.2) is 0 Å². The zero-order chi connectivity index (χ0) is 30.7. The van der Waals surface area contributed by atoms with Crippen molar-refractivity contribution in [1.29, 1.82) is 0 Å². The van der Waals surface area contributed by atoms with Crippen LogP contribution in [-0.4, -0.2) is 0 Å². The summed E-state index contributed by atoms with van der Waals surface area (Å²) in [6, 6.07) is 65.0. The van der Waals surface area contributed by atoms with Crippen LogP contribution in [0.3, 0.4) is 0 Å². The van der Waals surface area contributed by atoms with Crippen LogP contribution in [-0.2, 0) is 5.41 Å². The average molecular weight is 585 g/mol. The van der Waals surface area contributed by atoms with E-state index in [4.69, 9.17) is 0 Å². The Labute approximate surface area is 270 Å². The van der Waals surface area contributed by atoms with E-state index >= 15 is 0 Å². The number of hydrogen-bond donors (Lipinski definition) is 0. The van der Waals surface area contributed by atoms with E-state index < -0.39 is 5.41 Å². The van der Waals surface area contributed by atoms with E-state index in [1.165, 1.54) is 82.7 Å². The lowest BCUT2D eigenvalue weighted by Crippen LogP contribution is -2.28. The minimum Gasteiger partial charge on any atom is -0.0622 e. The number of fused-ring (bicyclic) bond motifs is 6. The zero-order valence-electron chi connectivity index (χ0n) is 25.7. The minimum absolute atomic E-state index is 0.411. The first kappa shape index (κ1) is 26.7. The molecule has 1 aliphatic rings.